The van der Waals surface area contributed by atoms with Crippen molar-refractivity contribution in [2.75, 3.05) is 0 Å². The van der Waals surface area contributed by atoms with Crippen LogP contribution in [0.15, 0.2) is 42.0 Å². The maximum absolute atomic E-state index is 12.3. The van der Waals surface area contributed by atoms with Crippen LogP contribution >= 0.6 is 0 Å². The molecule has 4 nitrogen and oxygen atoms in total. The van der Waals surface area contributed by atoms with Gasteiger partial charge < -0.3 is 0 Å². The van der Waals surface area contributed by atoms with Crippen LogP contribution in [-0.4, -0.2) is 21.1 Å². The van der Waals surface area contributed by atoms with E-state index in [9.17, 15) is 13.2 Å². The molecule has 0 unspecified atom stereocenters. The summed E-state index contributed by atoms with van der Waals surface area (Å²) in [4.78, 5) is 0. The molecule has 0 radical (unpaired) electrons. The van der Waals surface area contributed by atoms with Crippen molar-refractivity contribution in [3.8, 4) is 0 Å². The fraction of sp³-hybridized carbons (Fsp3) is 0.100. The Balaban J connectivity index is 2.14. The Morgan fingerprint density at radius 1 is 1.06 bits per heavy atom. The van der Waals surface area contributed by atoms with Crippen molar-refractivity contribution in [1.82, 2.24) is 14.9 Å². The summed E-state index contributed by atoms with van der Waals surface area (Å²) in [5, 5.41) is 11.0. The van der Waals surface area contributed by atoms with Gasteiger partial charge in [-0.25, -0.2) is 4.68 Å². The topological polar surface area (TPSA) is 43.1 Å². The van der Waals surface area contributed by atoms with Crippen molar-refractivity contribution >= 4 is 6.21 Å². The summed E-state index contributed by atoms with van der Waals surface area (Å²) in [5.41, 5.74) is -0.120. The lowest BCUT2D eigenvalue weighted by atomic mass is 10.1. The fourth-order valence-corrected chi connectivity index (χ4v) is 1.15. The lowest BCUT2D eigenvalue weighted by molar-refractivity contribution is -0.137. The summed E-state index contributed by atoms with van der Waals surface area (Å²) in [5.74, 6) is 0. The lowest BCUT2D eigenvalue weighted by Crippen LogP contribution is -2.04. The van der Waals surface area contributed by atoms with Gasteiger partial charge in [-0.1, -0.05) is 12.1 Å². The molecule has 0 aliphatic carbocycles. The van der Waals surface area contributed by atoms with Crippen molar-refractivity contribution in [2.45, 2.75) is 6.18 Å². The summed E-state index contributed by atoms with van der Waals surface area (Å²) in [6, 6.07) is 4.70. The van der Waals surface area contributed by atoms with Crippen LogP contribution < -0.4 is 0 Å². The van der Waals surface area contributed by atoms with Gasteiger partial charge in [0.1, 0.15) is 12.7 Å². The Hall–Kier alpha value is -2.18. The maximum Gasteiger partial charge on any atom is 0.416 e. The van der Waals surface area contributed by atoms with Gasteiger partial charge in [0.2, 0.25) is 0 Å². The highest BCUT2D eigenvalue weighted by molar-refractivity contribution is 5.79. The number of hydrogen-bond acceptors (Lipinski definition) is 3. The quantitative estimate of drug-likeness (QED) is 0.755. The SMILES string of the molecule is FC(F)(F)c1ccc(C=Nn2cnnc2)cc1. The van der Waals surface area contributed by atoms with E-state index in [1.807, 2.05) is 0 Å². The standard InChI is InChI=1S/C10H7F3N4/c11-10(12,13)9-3-1-8(2-4-9)5-16-17-6-14-15-7-17/h1-7H. The van der Waals surface area contributed by atoms with E-state index in [-0.39, 0.29) is 0 Å². The zero-order chi connectivity index (χ0) is 12.3. The fourth-order valence-electron chi connectivity index (χ4n) is 1.15. The van der Waals surface area contributed by atoms with E-state index in [0.29, 0.717) is 5.56 Å². The molecule has 7 heteroatoms. The molecule has 88 valence electrons. The van der Waals surface area contributed by atoms with Crippen molar-refractivity contribution in [2.24, 2.45) is 5.10 Å². The number of benzene rings is 1. The van der Waals surface area contributed by atoms with E-state index in [4.69, 9.17) is 0 Å². The zero-order valence-corrected chi connectivity index (χ0v) is 8.46. The van der Waals surface area contributed by atoms with E-state index in [2.05, 4.69) is 15.3 Å². The van der Waals surface area contributed by atoms with Crippen molar-refractivity contribution in [3.05, 3.63) is 48.0 Å². The Bertz CT molecular complexity index is 499. The van der Waals surface area contributed by atoms with Crippen LogP contribution in [0.4, 0.5) is 13.2 Å². The summed E-state index contributed by atoms with van der Waals surface area (Å²) >= 11 is 0. The molecule has 0 aliphatic rings. The zero-order valence-electron chi connectivity index (χ0n) is 8.46. The molecule has 0 aliphatic heterocycles. The minimum absolute atomic E-state index is 0.562. The van der Waals surface area contributed by atoms with Gasteiger partial charge in [-0.15, -0.1) is 10.2 Å². The number of rotatable bonds is 2. The first-order chi connectivity index (χ1) is 8.05. The minimum atomic E-state index is -4.32. The Labute approximate surface area is 94.4 Å². The molecule has 17 heavy (non-hydrogen) atoms. The third-order valence-electron chi connectivity index (χ3n) is 1.98. The summed E-state index contributed by atoms with van der Waals surface area (Å²) < 4.78 is 38.2. The predicted molar refractivity (Wildman–Crippen MR) is 54.5 cm³/mol. The Morgan fingerprint density at radius 2 is 1.65 bits per heavy atom. The molecule has 0 fully saturated rings. The molecule has 2 rings (SSSR count). The van der Waals surface area contributed by atoms with Gasteiger partial charge in [0.05, 0.1) is 11.8 Å². The van der Waals surface area contributed by atoms with Gasteiger partial charge >= 0.3 is 6.18 Å². The van der Waals surface area contributed by atoms with Gasteiger partial charge in [-0.05, 0) is 17.7 Å². The third-order valence-corrected chi connectivity index (χ3v) is 1.98. The molecule has 0 spiro atoms. The smallest absolute Gasteiger partial charge is 0.208 e. The van der Waals surface area contributed by atoms with E-state index in [0.717, 1.165) is 12.1 Å². The molecule has 2 aromatic rings. The van der Waals surface area contributed by atoms with E-state index < -0.39 is 11.7 Å². The first-order valence-corrected chi connectivity index (χ1v) is 4.62. The van der Waals surface area contributed by atoms with E-state index in [1.165, 1.54) is 35.7 Å². The van der Waals surface area contributed by atoms with Crippen LogP contribution in [0.2, 0.25) is 0 Å². The molecule has 1 aromatic carbocycles. The molecule has 0 saturated heterocycles. The summed E-state index contributed by atoms with van der Waals surface area (Å²) in [7, 11) is 0. The molecular formula is C10H7F3N4. The van der Waals surface area contributed by atoms with Crippen LogP contribution in [0.3, 0.4) is 0 Å². The average Bonchev–Trinajstić information content (AvgIpc) is 2.78. The lowest BCUT2D eigenvalue weighted by Gasteiger charge is -2.05. The van der Waals surface area contributed by atoms with Gasteiger partial charge in [-0.3, -0.25) is 0 Å². The first-order valence-electron chi connectivity index (χ1n) is 4.62. The normalized spacial score (nSPS) is 12.2. The molecule has 0 saturated carbocycles. The predicted octanol–water partition coefficient (Wildman–Crippen LogP) is 2.18. The third kappa shape index (κ3) is 2.90. The Morgan fingerprint density at radius 3 is 2.18 bits per heavy atom. The minimum Gasteiger partial charge on any atom is -0.208 e. The summed E-state index contributed by atoms with van der Waals surface area (Å²) in [6.45, 7) is 0. The van der Waals surface area contributed by atoms with Crippen LogP contribution in [0, 0.1) is 0 Å². The number of hydrogen-bond donors (Lipinski definition) is 0. The van der Waals surface area contributed by atoms with Crippen molar-refractivity contribution in [1.29, 1.82) is 0 Å². The second-order valence-electron chi connectivity index (χ2n) is 3.21. The van der Waals surface area contributed by atoms with E-state index >= 15 is 0 Å². The number of aromatic nitrogens is 3. The maximum atomic E-state index is 12.3. The molecule has 1 heterocycles. The molecular weight excluding hydrogens is 233 g/mol. The number of alkyl halides is 3. The van der Waals surface area contributed by atoms with Gasteiger partial charge in [0, 0.05) is 0 Å². The monoisotopic (exact) mass is 240 g/mol. The highest BCUT2D eigenvalue weighted by atomic mass is 19.4. The highest BCUT2D eigenvalue weighted by Gasteiger charge is 2.29. The average molecular weight is 240 g/mol. The Kier molecular flexibility index (Phi) is 2.90. The van der Waals surface area contributed by atoms with Crippen LogP contribution in [0.1, 0.15) is 11.1 Å². The summed E-state index contributed by atoms with van der Waals surface area (Å²) in [6.07, 6.45) is -0.144. The largest absolute Gasteiger partial charge is 0.416 e. The van der Waals surface area contributed by atoms with Crippen molar-refractivity contribution < 1.29 is 13.2 Å². The van der Waals surface area contributed by atoms with Crippen LogP contribution in [0.25, 0.3) is 0 Å². The van der Waals surface area contributed by atoms with Crippen LogP contribution in [0.5, 0.6) is 0 Å². The van der Waals surface area contributed by atoms with Gasteiger partial charge in [0.25, 0.3) is 0 Å². The van der Waals surface area contributed by atoms with Gasteiger partial charge in [-0.2, -0.15) is 18.3 Å². The second kappa shape index (κ2) is 4.36. The molecule has 0 amide bonds. The number of halogens is 3. The van der Waals surface area contributed by atoms with Gasteiger partial charge in [0.15, 0.2) is 0 Å². The highest BCUT2D eigenvalue weighted by Crippen LogP contribution is 2.28. The second-order valence-corrected chi connectivity index (χ2v) is 3.21. The van der Waals surface area contributed by atoms with Crippen LogP contribution in [-0.2, 0) is 6.18 Å². The molecule has 1 aromatic heterocycles. The number of nitrogens with zero attached hydrogens (tertiary/aromatic N) is 4. The molecule has 0 atom stereocenters. The van der Waals surface area contributed by atoms with Crippen molar-refractivity contribution in [3.63, 3.8) is 0 Å². The first kappa shape index (κ1) is 11.3. The van der Waals surface area contributed by atoms with E-state index in [1.54, 1.807) is 0 Å². The molecule has 0 bridgehead atoms. The molecule has 0 N–H and O–H groups in total.